The largest absolute Gasteiger partial charge is 0.300 e. The molecule has 0 aromatic carbocycles. The molecular formula is C14H22O2. The van der Waals surface area contributed by atoms with E-state index in [-0.39, 0.29) is 11.7 Å². The fourth-order valence-electron chi connectivity index (χ4n) is 2.39. The molecular weight excluding hydrogens is 200 g/mol. The van der Waals surface area contributed by atoms with Gasteiger partial charge in [-0.25, -0.2) is 0 Å². The SMILES string of the molecule is CC(=O)CCCC(C)C1CCC(C)=CC1=O. The Morgan fingerprint density at radius 3 is 2.81 bits per heavy atom. The summed E-state index contributed by atoms with van der Waals surface area (Å²) in [5, 5.41) is 0. The number of carbonyl (C=O) groups is 2. The predicted octanol–water partition coefficient (Wildman–Crippen LogP) is 3.31. The molecule has 1 rings (SSSR count). The molecule has 0 aromatic rings. The van der Waals surface area contributed by atoms with Crippen LogP contribution in [-0.2, 0) is 9.59 Å². The lowest BCUT2D eigenvalue weighted by Gasteiger charge is -2.25. The highest BCUT2D eigenvalue weighted by molar-refractivity contribution is 5.93. The van der Waals surface area contributed by atoms with Crippen molar-refractivity contribution in [3.05, 3.63) is 11.6 Å². The Kier molecular flexibility index (Phi) is 4.91. The number of ketones is 2. The van der Waals surface area contributed by atoms with Crippen molar-refractivity contribution in [2.75, 3.05) is 0 Å². The van der Waals surface area contributed by atoms with E-state index in [0.29, 0.717) is 18.1 Å². The van der Waals surface area contributed by atoms with Gasteiger partial charge in [0.05, 0.1) is 0 Å². The summed E-state index contributed by atoms with van der Waals surface area (Å²) in [5.41, 5.74) is 1.21. The maximum absolute atomic E-state index is 11.8. The number of allylic oxidation sites excluding steroid dienone is 2. The Morgan fingerprint density at radius 2 is 2.25 bits per heavy atom. The molecule has 1 aliphatic rings. The molecule has 0 bridgehead atoms. The van der Waals surface area contributed by atoms with E-state index < -0.39 is 0 Å². The average molecular weight is 222 g/mol. The molecule has 2 atom stereocenters. The predicted molar refractivity (Wildman–Crippen MR) is 65.2 cm³/mol. The first kappa shape index (κ1) is 13.1. The van der Waals surface area contributed by atoms with Crippen molar-refractivity contribution in [1.82, 2.24) is 0 Å². The second kappa shape index (κ2) is 5.97. The summed E-state index contributed by atoms with van der Waals surface area (Å²) in [6.07, 6.45) is 6.40. The molecule has 90 valence electrons. The molecule has 0 fully saturated rings. The van der Waals surface area contributed by atoms with Gasteiger partial charge < -0.3 is 4.79 Å². The van der Waals surface area contributed by atoms with E-state index in [1.54, 1.807) is 13.0 Å². The van der Waals surface area contributed by atoms with Crippen molar-refractivity contribution in [3.63, 3.8) is 0 Å². The molecule has 2 unspecified atom stereocenters. The third kappa shape index (κ3) is 3.92. The van der Waals surface area contributed by atoms with Crippen LogP contribution in [0.2, 0.25) is 0 Å². The summed E-state index contributed by atoms with van der Waals surface area (Å²) >= 11 is 0. The van der Waals surface area contributed by atoms with E-state index in [1.165, 1.54) is 5.57 Å². The Labute approximate surface area is 98.1 Å². The van der Waals surface area contributed by atoms with Crippen LogP contribution in [0.5, 0.6) is 0 Å². The maximum Gasteiger partial charge on any atom is 0.158 e. The Balaban J connectivity index is 2.40. The van der Waals surface area contributed by atoms with Crippen LogP contribution in [-0.4, -0.2) is 11.6 Å². The summed E-state index contributed by atoms with van der Waals surface area (Å²) in [7, 11) is 0. The molecule has 2 heteroatoms. The minimum absolute atomic E-state index is 0.190. The van der Waals surface area contributed by atoms with Crippen LogP contribution in [0.1, 0.15) is 52.9 Å². The summed E-state index contributed by atoms with van der Waals surface area (Å²) in [6, 6.07) is 0. The number of Topliss-reactive ketones (excluding diaryl/α,β-unsaturated/α-hetero) is 1. The van der Waals surface area contributed by atoms with Crippen LogP contribution in [0.4, 0.5) is 0 Å². The van der Waals surface area contributed by atoms with E-state index >= 15 is 0 Å². The highest BCUT2D eigenvalue weighted by atomic mass is 16.1. The van der Waals surface area contributed by atoms with Crippen LogP contribution >= 0.6 is 0 Å². The van der Waals surface area contributed by atoms with Gasteiger partial charge in [0, 0.05) is 12.3 Å². The minimum Gasteiger partial charge on any atom is -0.300 e. The molecule has 2 nitrogen and oxygen atoms in total. The summed E-state index contributed by atoms with van der Waals surface area (Å²) in [6.45, 7) is 5.79. The molecule has 0 aliphatic heterocycles. The van der Waals surface area contributed by atoms with Gasteiger partial charge in [-0.1, -0.05) is 12.5 Å². The summed E-state index contributed by atoms with van der Waals surface area (Å²) in [5.74, 6) is 1.14. The van der Waals surface area contributed by atoms with Crippen LogP contribution in [0.3, 0.4) is 0 Å². The zero-order chi connectivity index (χ0) is 12.1. The maximum atomic E-state index is 11.8. The lowest BCUT2D eigenvalue weighted by molar-refractivity contribution is -0.120. The summed E-state index contributed by atoms with van der Waals surface area (Å²) < 4.78 is 0. The first-order valence-electron chi connectivity index (χ1n) is 6.21. The monoisotopic (exact) mass is 222 g/mol. The topological polar surface area (TPSA) is 34.1 Å². The normalized spacial score (nSPS) is 22.8. The summed E-state index contributed by atoms with van der Waals surface area (Å²) in [4.78, 5) is 22.6. The Morgan fingerprint density at radius 1 is 1.56 bits per heavy atom. The van der Waals surface area contributed by atoms with Crippen LogP contribution in [0.15, 0.2) is 11.6 Å². The van der Waals surface area contributed by atoms with Crippen LogP contribution in [0.25, 0.3) is 0 Å². The fraction of sp³-hybridized carbons (Fsp3) is 0.714. The van der Waals surface area contributed by atoms with E-state index in [0.717, 1.165) is 25.7 Å². The van der Waals surface area contributed by atoms with Gasteiger partial charge in [0.25, 0.3) is 0 Å². The quantitative estimate of drug-likeness (QED) is 0.715. The molecule has 0 saturated carbocycles. The lowest BCUT2D eigenvalue weighted by Crippen LogP contribution is -2.23. The molecule has 0 aromatic heterocycles. The number of carbonyl (C=O) groups excluding carboxylic acids is 2. The molecule has 0 radical (unpaired) electrons. The molecule has 16 heavy (non-hydrogen) atoms. The molecule has 0 N–H and O–H groups in total. The Bertz CT molecular complexity index is 302. The van der Waals surface area contributed by atoms with Gasteiger partial charge in [0.15, 0.2) is 5.78 Å². The van der Waals surface area contributed by atoms with E-state index in [4.69, 9.17) is 0 Å². The second-order valence-electron chi connectivity index (χ2n) is 5.11. The smallest absolute Gasteiger partial charge is 0.158 e. The van der Waals surface area contributed by atoms with E-state index in [1.807, 2.05) is 6.92 Å². The highest BCUT2D eigenvalue weighted by Crippen LogP contribution is 2.29. The molecule has 0 heterocycles. The van der Waals surface area contributed by atoms with Gasteiger partial charge in [-0.3, -0.25) is 4.79 Å². The number of rotatable bonds is 5. The highest BCUT2D eigenvalue weighted by Gasteiger charge is 2.25. The van der Waals surface area contributed by atoms with E-state index in [2.05, 4.69) is 6.92 Å². The number of hydrogen-bond acceptors (Lipinski definition) is 2. The average Bonchev–Trinajstić information content (AvgIpc) is 2.16. The zero-order valence-corrected chi connectivity index (χ0v) is 10.6. The van der Waals surface area contributed by atoms with Crippen molar-refractivity contribution in [1.29, 1.82) is 0 Å². The molecule has 0 spiro atoms. The first-order chi connectivity index (χ1) is 7.50. The molecule has 1 aliphatic carbocycles. The van der Waals surface area contributed by atoms with Gasteiger partial charge >= 0.3 is 0 Å². The molecule has 0 saturated heterocycles. The van der Waals surface area contributed by atoms with Gasteiger partial charge in [-0.15, -0.1) is 0 Å². The van der Waals surface area contributed by atoms with Crippen molar-refractivity contribution >= 4 is 11.6 Å². The fourth-order valence-corrected chi connectivity index (χ4v) is 2.39. The zero-order valence-electron chi connectivity index (χ0n) is 10.6. The third-order valence-electron chi connectivity index (χ3n) is 3.48. The second-order valence-corrected chi connectivity index (χ2v) is 5.11. The first-order valence-corrected chi connectivity index (χ1v) is 6.21. The van der Waals surface area contributed by atoms with E-state index in [9.17, 15) is 9.59 Å². The van der Waals surface area contributed by atoms with Gasteiger partial charge in [0.1, 0.15) is 5.78 Å². The van der Waals surface area contributed by atoms with Crippen molar-refractivity contribution in [2.45, 2.75) is 52.9 Å². The van der Waals surface area contributed by atoms with Crippen molar-refractivity contribution in [3.8, 4) is 0 Å². The van der Waals surface area contributed by atoms with Gasteiger partial charge in [0.2, 0.25) is 0 Å². The Hall–Kier alpha value is -0.920. The van der Waals surface area contributed by atoms with Crippen LogP contribution in [0, 0.1) is 11.8 Å². The lowest BCUT2D eigenvalue weighted by atomic mass is 9.79. The molecule has 0 amide bonds. The third-order valence-corrected chi connectivity index (χ3v) is 3.48. The van der Waals surface area contributed by atoms with Crippen LogP contribution < -0.4 is 0 Å². The van der Waals surface area contributed by atoms with Gasteiger partial charge in [-0.2, -0.15) is 0 Å². The van der Waals surface area contributed by atoms with Gasteiger partial charge in [-0.05, 0) is 51.5 Å². The number of hydrogen-bond donors (Lipinski definition) is 0. The van der Waals surface area contributed by atoms with Crippen molar-refractivity contribution < 1.29 is 9.59 Å². The minimum atomic E-state index is 0.190. The standard InChI is InChI=1S/C14H22O2/c1-10-7-8-13(14(16)9-10)11(2)5-4-6-12(3)15/h9,11,13H,4-8H2,1-3H3. The van der Waals surface area contributed by atoms with Crippen molar-refractivity contribution in [2.24, 2.45) is 11.8 Å².